The molecular formula is C23H25N3O2. The monoisotopic (exact) mass is 375 g/mol. The van der Waals surface area contributed by atoms with Crippen molar-refractivity contribution in [3.63, 3.8) is 0 Å². The van der Waals surface area contributed by atoms with E-state index < -0.39 is 0 Å². The Labute approximate surface area is 164 Å². The lowest BCUT2D eigenvalue weighted by Gasteiger charge is -2.25. The van der Waals surface area contributed by atoms with Crippen molar-refractivity contribution in [3.05, 3.63) is 75.8 Å². The predicted molar refractivity (Wildman–Crippen MR) is 110 cm³/mol. The van der Waals surface area contributed by atoms with Gasteiger partial charge in [-0.1, -0.05) is 36.4 Å². The van der Waals surface area contributed by atoms with Crippen LogP contribution in [0.1, 0.15) is 42.0 Å². The van der Waals surface area contributed by atoms with Crippen LogP contribution < -0.4 is 5.56 Å². The molecule has 5 heteroatoms. The van der Waals surface area contributed by atoms with Gasteiger partial charge in [0.05, 0.1) is 23.3 Å². The van der Waals surface area contributed by atoms with Gasteiger partial charge in [0, 0.05) is 20.0 Å². The van der Waals surface area contributed by atoms with Crippen LogP contribution in [0.25, 0.3) is 10.9 Å². The van der Waals surface area contributed by atoms with Gasteiger partial charge in [0.1, 0.15) is 0 Å². The molecule has 1 aliphatic rings. The summed E-state index contributed by atoms with van der Waals surface area (Å²) in [4.78, 5) is 31.7. The molecule has 1 aromatic heterocycles. The summed E-state index contributed by atoms with van der Waals surface area (Å²) >= 11 is 0. The van der Waals surface area contributed by atoms with Gasteiger partial charge >= 0.3 is 0 Å². The Morgan fingerprint density at radius 1 is 1.21 bits per heavy atom. The highest BCUT2D eigenvalue weighted by Gasteiger charge is 2.27. The van der Waals surface area contributed by atoms with E-state index in [0.717, 1.165) is 23.9 Å². The Kier molecular flexibility index (Phi) is 4.99. The number of carbonyl (C=O) groups is 1. The fourth-order valence-electron chi connectivity index (χ4n) is 4.18. The molecule has 1 aliphatic carbocycles. The predicted octanol–water partition coefficient (Wildman–Crippen LogP) is 3.63. The molecule has 0 radical (unpaired) electrons. The zero-order chi connectivity index (χ0) is 19.7. The van der Waals surface area contributed by atoms with Crippen LogP contribution in [-0.4, -0.2) is 27.4 Å². The minimum atomic E-state index is -0.0424. The molecule has 1 amide bonds. The number of hydrogen-bond acceptors (Lipinski definition) is 3. The molecule has 28 heavy (non-hydrogen) atoms. The molecule has 3 aromatic rings. The largest absolute Gasteiger partial charge is 0.339 e. The third-order valence-electron chi connectivity index (χ3n) is 5.81. The van der Waals surface area contributed by atoms with Crippen molar-refractivity contribution in [2.24, 2.45) is 0 Å². The molecule has 0 unspecified atom stereocenters. The van der Waals surface area contributed by atoms with Gasteiger partial charge in [-0.2, -0.15) is 0 Å². The third-order valence-corrected chi connectivity index (χ3v) is 5.81. The van der Waals surface area contributed by atoms with Gasteiger partial charge in [-0.05, 0) is 48.9 Å². The highest BCUT2D eigenvalue weighted by atomic mass is 16.2. The van der Waals surface area contributed by atoms with E-state index in [1.807, 2.05) is 43.1 Å². The maximum atomic E-state index is 12.7. The second kappa shape index (κ2) is 7.58. The van der Waals surface area contributed by atoms with Gasteiger partial charge in [-0.25, -0.2) is 4.98 Å². The van der Waals surface area contributed by atoms with Crippen LogP contribution in [0.3, 0.4) is 0 Å². The first kappa shape index (κ1) is 18.4. The summed E-state index contributed by atoms with van der Waals surface area (Å²) in [5.74, 6) is 0.124. The summed E-state index contributed by atoms with van der Waals surface area (Å²) in [6.45, 7) is 2.45. The van der Waals surface area contributed by atoms with Gasteiger partial charge in [-0.15, -0.1) is 0 Å². The number of hydrogen-bond donors (Lipinski definition) is 0. The fraction of sp³-hybridized carbons (Fsp3) is 0.348. The lowest BCUT2D eigenvalue weighted by Crippen LogP contribution is -2.30. The maximum Gasteiger partial charge on any atom is 0.261 e. The van der Waals surface area contributed by atoms with Crippen molar-refractivity contribution in [3.8, 4) is 0 Å². The van der Waals surface area contributed by atoms with Crippen LogP contribution in [0, 0.1) is 6.92 Å². The van der Waals surface area contributed by atoms with E-state index in [-0.39, 0.29) is 17.5 Å². The quantitative estimate of drug-likeness (QED) is 0.684. The third kappa shape index (κ3) is 3.33. The minimum Gasteiger partial charge on any atom is -0.339 e. The molecule has 0 saturated carbocycles. The molecule has 0 saturated heterocycles. The van der Waals surface area contributed by atoms with Gasteiger partial charge in [0.2, 0.25) is 5.91 Å². The summed E-state index contributed by atoms with van der Waals surface area (Å²) in [5, 5.41) is 0.633. The number of aromatic nitrogens is 2. The number of amides is 1. The number of aryl methyl sites for hydroxylation is 3. The number of para-hydroxylation sites is 1. The number of nitrogens with zero attached hydrogens (tertiary/aromatic N) is 3. The van der Waals surface area contributed by atoms with Crippen LogP contribution in [0.15, 0.2) is 53.6 Å². The lowest BCUT2D eigenvalue weighted by atomic mass is 10.1. The zero-order valence-corrected chi connectivity index (χ0v) is 16.4. The van der Waals surface area contributed by atoms with Crippen LogP contribution >= 0.6 is 0 Å². The molecular weight excluding hydrogens is 350 g/mol. The highest BCUT2D eigenvalue weighted by molar-refractivity contribution is 5.80. The summed E-state index contributed by atoms with van der Waals surface area (Å²) in [6.07, 6.45) is 4.65. The van der Waals surface area contributed by atoms with Crippen LogP contribution in [-0.2, 0) is 17.8 Å². The van der Waals surface area contributed by atoms with Crippen LogP contribution in [0.5, 0.6) is 0 Å². The molecule has 0 spiro atoms. The summed E-state index contributed by atoms with van der Waals surface area (Å²) in [6, 6.07) is 14.2. The Balaban J connectivity index is 1.40. The standard InChI is InChI=1S/C23H25N3O2/c1-16-7-5-10-19-22(16)24-15-26(23(19)28)14-6-11-21(27)25(2)20-13-12-17-8-3-4-9-18(17)20/h3-5,7-10,15,20H,6,11-14H2,1-2H3/t20-/m0/s1. The van der Waals surface area contributed by atoms with Crippen molar-refractivity contribution in [2.45, 2.75) is 45.2 Å². The van der Waals surface area contributed by atoms with E-state index in [1.54, 1.807) is 10.9 Å². The van der Waals surface area contributed by atoms with Gasteiger partial charge in [0.15, 0.2) is 0 Å². The normalized spacial score (nSPS) is 15.6. The first-order valence-electron chi connectivity index (χ1n) is 9.84. The van der Waals surface area contributed by atoms with E-state index in [9.17, 15) is 9.59 Å². The Hall–Kier alpha value is -2.95. The van der Waals surface area contributed by atoms with E-state index >= 15 is 0 Å². The molecule has 4 rings (SSSR count). The van der Waals surface area contributed by atoms with Crippen molar-refractivity contribution >= 4 is 16.8 Å². The minimum absolute atomic E-state index is 0.0424. The number of carbonyl (C=O) groups excluding carboxylic acids is 1. The van der Waals surface area contributed by atoms with Crippen molar-refractivity contribution in [2.75, 3.05) is 7.05 Å². The Bertz CT molecular complexity index is 1090. The first-order valence-corrected chi connectivity index (χ1v) is 9.84. The van der Waals surface area contributed by atoms with Gasteiger partial charge in [0.25, 0.3) is 5.56 Å². The van der Waals surface area contributed by atoms with E-state index in [4.69, 9.17) is 0 Å². The average Bonchev–Trinajstić information content (AvgIpc) is 3.13. The summed E-state index contributed by atoms with van der Waals surface area (Å²) in [5.41, 5.74) is 4.31. The number of fused-ring (bicyclic) bond motifs is 2. The molecule has 144 valence electrons. The Morgan fingerprint density at radius 3 is 2.89 bits per heavy atom. The number of rotatable bonds is 5. The van der Waals surface area contributed by atoms with E-state index in [2.05, 4.69) is 23.2 Å². The smallest absolute Gasteiger partial charge is 0.261 e. The van der Waals surface area contributed by atoms with Crippen molar-refractivity contribution < 1.29 is 4.79 Å². The molecule has 0 bridgehead atoms. The molecule has 1 atom stereocenters. The molecule has 2 aromatic carbocycles. The van der Waals surface area contributed by atoms with Crippen molar-refractivity contribution in [1.29, 1.82) is 0 Å². The second-order valence-electron chi connectivity index (χ2n) is 7.58. The average molecular weight is 375 g/mol. The number of benzene rings is 2. The second-order valence-corrected chi connectivity index (χ2v) is 7.58. The van der Waals surface area contributed by atoms with E-state index in [0.29, 0.717) is 24.8 Å². The first-order chi connectivity index (χ1) is 13.6. The van der Waals surface area contributed by atoms with E-state index in [1.165, 1.54) is 11.1 Å². The highest BCUT2D eigenvalue weighted by Crippen LogP contribution is 2.35. The molecule has 1 heterocycles. The Morgan fingerprint density at radius 2 is 2.04 bits per heavy atom. The molecule has 0 fully saturated rings. The summed E-state index contributed by atoms with van der Waals surface area (Å²) in [7, 11) is 1.89. The van der Waals surface area contributed by atoms with Crippen LogP contribution in [0.4, 0.5) is 0 Å². The lowest BCUT2D eigenvalue weighted by molar-refractivity contribution is -0.132. The molecule has 0 N–H and O–H groups in total. The van der Waals surface area contributed by atoms with Crippen LogP contribution in [0.2, 0.25) is 0 Å². The van der Waals surface area contributed by atoms with Gasteiger partial charge < -0.3 is 4.90 Å². The zero-order valence-electron chi connectivity index (χ0n) is 16.4. The SMILES string of the molecule is Cc1cccc2c(=O)n(CCCC(=O)N(C)[C@H]3CCc4ccccc43)cnc12. The molecule has 5 nitrogen and oxygen atoms in total. The maximum absolute atomic E-state index is 12.7. The van der Waals surface area contributed by atoms with Crippen molar-refractivity contribution in [1.82, 2.24) is 14.5 Å². The molecule has 0 aliphatic heterocycles. The van der Waals surface area contributed by atoms with Gasteiger partial charge in [-0.3, -0.25) is 14.2 Å². The summed E-state index contributed by atoms with van der Waals surface area (Å²) < 4.78 is 1.61. The fourth-order valence-corrected chi connectivity index (χ4v) is 4.18. The topological polar surface area (TPSA) is 55.2 Å².